The number of rotatable bonds is 14. The van der Waals surface area contributed by atoms with Gasteiger partial charge in [0.1, 0.15) is 11.6 Å². The maximum atomic E-state index is 13.4. The molecule has 1 unspecified atom stereocenters. The number of unbranched alkanes of at least 4 members (excludes halogenated alkanes) is 1. The highest BCUT2D eigenvalue weighted by molar-refractivity contribution is 6.16. The summed E-state index contributed by atoms with van der Waals surface area (Å²) in [7, 11) is 0. The van der Waals surface area contributed by atoms with Crippen LogP contribution >= 0.6 is 0 Å². The molecule has 1 fully saturated rings. The Balaban J connectivity index is 2.06. The second-order valence-electron chi connectivity index (χ2n) is 13.5. The van der Waals surface area contributed by atoms with Crippen molar-refractivity contribution in [3.8, 4) is 5.75 Å². The normalized spacial score (nSPS) is 15.5. The Morgan fingerprint density at radius 1 is 0.907 bits per heavy atom. The molecule has 1 atom stereocenters. The van der Waals surface area contributed by atoms with E-state index in [4.69, 9.17) is 14.2 Å². The van der Waals surface area contributed by atoms with Crippen LogP contribution in [0, 0.1) is 5.92 Å². The molecule has 2 aromatic carbocycles. The van der Waals surface area contributed by atoms with Gasteiger partial charge in [-0.05, 0) is 66.5 Å². The first kappa shape index (κ1) is 34.0. The van der Waals surface area contributed by atoms with Gasteiger partial charge < -0.3 is 24.4 Å². The minimum Gasteiger partial charge on any atom is -0.494 e. The molecule has 7 heteroatoms. The Morgan fingerprint density at radius 3 is 2.05 bits per heavy atom. The standard InChI is InChI=1S/C36H52N2O5/c1-10-11-23-41-30-21-19-29(20-22-30)37-32(31-33(39)42-36(8,9)43-34(31)40)38(26(4)14-12-13-25(2)3)24-27-15-17-28(18-16-27)35(5,6)7/h15-22,25-26,37H,10-14,23-24H2,1-9H3. The van der Waals surface area contributed by atoms with Crippen molar-refractivity contribution in [2.24, 2.45) is 5.92 Å². The van der Waals surface area contributed by atoms with Crippen molar-refractivity contribution in [3.05, 3.63) is 71.1 Å². The van der Waals surface area contributed by atoms with Gasteiger partial charge >= 0.3 is 11.9 Å². The number of hydrogen-bond acceptors (Lipinski definition) is 7. The van der Waals surface area contributed by atoms with E-state index in [0.29, 0.717) is 24.9 Å². The maximum absolute atomic E-state index is 13.4. The highest BCUT2D eigenvalue weighted by Crippen LogP contribution is 2.31. The van der Waals surface area contributed by atoms with Crippen molar-refractivity contribution in [3.63, 3.8) is 0 Å². The Kier molecular flexibility index (Phi) is 11.7. The molecular formula is C36H52N2O5. The summed E-state index contributed by atoms with van der Waals surface area (Å²) in [5.41, 5.74) is 2.93. The zero-order valence-electron chi connectivity index (χ0n) is 27.7. The van der Waals surface area contributed by atoms with Gasteiger partial charge in [-0.3, -0.25) is 0 Å². The zero-order chi connectivity index (χ0) is 31.8. The van der Waals surface area contributed by atoms with Gasteiger partial charge in [0.05, 0.1) is 6.61 Å². The lowest BCUT2D eigenvalue weighted by molar-refractivity contribution is -0.222. The quantitative estimate of drug-likeness (QED) is 0.102. The SMILES string of the molecule is CCCCOc1ccc(NC(=C2C(=O)OC(C)(C)OC2=O)N(Cc2ccc(C(C)(C)C)cc2)C(C)CCCC(C)C)cc1. The number of esters is 2. The number of hydrogen-bond donors (Lipinski definition) is 1. The Bertz CT molecular complexity index is 1220. The van der Waals surface area contributed by atoms with Crippen molar-refractivity contribution in [1.29, 1.82) is 0 Å². The molecule has 0 aromatic heterocycles. The molecule has 1 aliphatic rings. The third-order valence-corrected chi connectivity index (χ3v) is 7.60. The number of carbonyl (C=O) groups excluding carboxylic acids is 2. The van der Waals surface area contributed by atoms with Crippen LogP contribution in [0.25, 0.3) is 0 Å². The smallest absolute Gasteiger partial charge is 0.352 e. The molecule has 0 saturated carbocycles. The van der Waals surface area contributed by atoms with Gasteiger partial charge in [-0.1, -0.05) is 85.1 Å². The largest absolute Gasteiger partial charge is 0.494 e. The molecule has 2 aromatic rings. The number of benzene rings is 2. The monoisotopic (exact) mass is 592 g/mol. The van der Waals surface area contributed by atoms with Crippen LogP contribution in [0.1, 0.15) is 106 Å². The summed E-state index contributed by atoms with van der Waals surface area (Å²) in [6.45, 7) is 19.6. The molecule has 0 bridgehead atoms. The molecule has 0 radical (unpaired) electrons. The minimum atomic E-state index is -1.34. The van der Waals surface area contributed by atoms with Gasteiger partial charge in [-0.15, -0.1) is 0 Å². The summed E-state index contributed by atoms with van der Waals surface area (Å²) in [5, 5.41) is 3.42. The highest BCUT2D eigenvalue weighted by atomic mass is 16.7. The van der Waals surface area contributed by atoms with Gasteiger partial charge in [0.2, 0.25) is 0 Å². The number of nitrogens with zero attached hydrogens (tertiary/aromatic N) is 1. The second kappa shape index (κ2) is 14.8. The number of cyclic esters (lactones) is 2. The minimum absolute atomic E-state index is 0.00299. The topological polar surface area (TPSA) is 77.1 Å². The first-order chi connectivity index (χ1) is 20.2. The summed E-state index contributed by atoms with van der Waals surface area (Å²) >= 11 is 0. The molecule has 1 saturated heterocycles. The third kappa shape index (κ3) is 10.0. The fraction of sp³-hybridized carbons (Fsp3) is 0.556. The van der Waals surface area contributed by atoms with Crippen molar-refractivity contribution < 1.29 is 23.8 Å². The van der Waals surface area contributed by atoms with Crippen molar-refractivity contribution >= 4 is 17.6 Å². The highest BCUT2D eigenvalue weighted by Gasteiger charge is 2.42. The fourth-order valence-corrected chi connectivity index (χ4v) is 4.97. The first-order valence-electron chi connectivity index (χ1n) is 15.8. The summed E-state index contributed by atoms with van der Waals surface area (Å²) in [6.07, 6.45) is 5.04. The molecule has 7 nitrogen and oxygen atoms in total. The van der Waals surface area contributed by atoms with E-state index in [2.05, 4.69) is 82.9 Å². The summed E-state index contributed by atoms with van der Waals surface area (Å²) in [4.78, 5) is 29.0. The van der Waals surface area contributed by atoms with Crippen LogP contribution in [0.2, 0.25) is 0 Å². The maximum Gasteiger partial charge on any atom is 0.352 e. The summed E-state index contributed by atoms with van der Waals surface area (Å²) in [6, 6.07) is 16.1. The van der Waals surface area contributed by atoms with Crippen LogP contribution < -0.4 is 10.1 Å². The van der Waals surface area contributed by atoms with Crippen LogP contribution in [0.15, 0.2) is 59.9 Å². The Morgan fingerprint density at radius 2 is 1.51 bits per heavy atom. The van der Waals surface area contributed by atoms with E-state index in [9.17, 15) is 9.59 Å². The average molecular weight is 593 g/mol. The zero-order valence-corrected chi connectivity index (χ0v) is 27.7. The lowest BCUT2D eigenvalue weighted by Crippen LogP contribution is -2.45. The molecule has 236 valence electrons. The molecular weight excluding hydrogens is 540 g/mol. The Labute approximate surface area is 259 Å². The Hall–Kier alpha value is -3.48. The van der Waals surface area contributed by atoms with Crippen LogP contribution in [-0.4, -0.2) is 35.3 Å². The number of ether oxygens (including phenoxy) is 3. The van der Waals surface area contributed by atoms with Gasteiger partial charge in [0.15, 0.2) is 5.57 Å². The molecule has 0 amide bonds. The molecule has 1 heterocycles. The fourth-order valence-electron chi connectivity index (χ4n) is 4.97. The molecule has 43 heavy (non-hydrogen) atoms. The lowest BCUT2D eigenvalue weighted by Gasteiger charge is -2.37. The lowest BCUT2D eigenvalue weighted by atomic mass is 9.86. The van der Waals surface area contributed by atoms with E-state index in [-0.39, 0.29) is 17.0 Å². The number of anilines is 1. The van der Waals surface area contributed by atoms with Crippen molar-refractivity contribution in [2.45, 2.75) is 118 Å². The van der Waals surface area contributed by atoms with E-state index < -0.39 is 17.7 Å². The number of carbonyl (C=O) groups is 2. The van der Waals surface area contributed by atoms with Crippen LogP contribution in [0.5, 0.6) is 5.75 Å². The van der Waals surface area contributed by atoms with E-state index >= 15 is 0 Å². The van der Waals surface area contributed by atoms with Crippen molar-refractivity contribution in [2.75, 3.05) is 11.9 Å². The van der Waals surface area contributed by atoms with E-state index in [1.807, 2.05) is 24.3 Å². The molecule has 3 rings (SSSR count). The third-order valence-electron chi connectivity index (χ3n) is 7.60. The predicted molar refractivity (Wildman–Crippen MR) is 173 cm³/mol. The van der Waals surface area contributed by atoms with Crippen LogP contribution in [-0.2, 0) is 31.0 Å². The van der Waals surface area contributed by atoms with Gasteiger partial charge in [-0.2, -0.15) is 0 Å². The second-order valence-corrected chi connectivity index (χ2v) is 13.5. The van der Waals surface area contributed by atoms with Crippen molar-refractivity contribution in [1.82, 2.24) is 4.90 Å². The first-order valence-corrected chi connectivity index (χ1v) is 15.8. The van der Waals surface area contributed by atoms with Gasteiger partial charge in [0, 0.05) is 32.1 Å². The van der Waals surface area contributed by atoms with Crippen LogP contribution in [0.3, 0.4) is 0 Å². The molecule has 0 spiro atoms. The summed E-state index contributed by atoms with van der Waals surface area (Å²) < 4.78 is 17.0. The molecule has 1 aliphatic heterocycles. The molecule has 1 N–H and O–H groups in total. The predicted octanol–water partition coefficient (Wildman–Crippen LogP) is 8.34. The average Bonchev–Trinajstić information content (AvgIpc) is 2.90. The number of nitrogens with one attached hydrogen (secondary N) is 1. The summed E-state index contributed by atoms with van der Waals surface area (Å²) in [5.74, 6) is -1.01. The van der Waals surface area contributed by atoms with Gasteiger partial charge in [0.25, 0.3) is 5.79 Å². The van der Waals surface area contributed by atoms with Crippen LogP contribution in [0.4, 0.5) is 5.69 Å². The molecule has 0 aliphatic carbocycles. The van der Waals surface area contributed by atoms with E-state index in [0.717, 1.165) is 49.1 Å². The van der Waals surface area contributed by atoms with Gasteiger partial charge in [-0.25, -0.2) is 9.59 Å². The van der Waals surface area contributed by atoms with E-state index in [1.165, 1.54) is 5.56 Å². The van der Waals surface area contributed by atoms with E-state index in [1.54, 1.807) is 13.8 Å².